The number of ether oxygens (including phenoxy) is 1. The van der Waals surface area contributed by atoms with Crippen molar-refractivity contribution in [1.82, 2.24) is 14.7 Å². The molecule has 6 nitrogen and oxygen atoms in total. The number of carbonyl (C=O) groups is 1. The van der Waals surface area contributed by atoms with E-state index in [1.165, 1.54) is 19.4 Å². The number of likely N-dealkylation sites (tertiary alicyclic amines) is 1. The van der Waals surface area contributed by atoms with Crippen molar-refractivity contribution in [2.75, 3.05) is 32.1 Å². The van der Waals surface area contributed by atoms with E-state index in [9.17, 15) is 4.79 Å². The predicted molar refractivity (Wildman–Crippen MR) is 112 cm³/mol. The summed E-state index contributed by atoms with van der Waals surface area (Å²) in [5.41, 5.74) is 1.89. The lowest BCUT2D eigenvalue weighted by Crippen LogP contribution is -2.36. The second kappa shape index (κ2) is 10.3. The molecule has 0 radical (unpaired) electrons. The van der Waals surface area contributed by atoms with Crippen LogP contribution in [0.25, 0.3) is 0 Å². The molecule has 3 rings (SSSR count). The molecule has 1 aliphatic heterocycles. The van der Waals surface area contributed by atoms with Crippen molar-refractivity contribution in [3.8, 4) is 5.75 Å². The van der Waals surface area contributed by atoms with Crippen LogP contribution in [-0.2, 0) is 11.3 Å². The molecule has 1 fully saturated rings. The van der Waals surface area contributed by atoms with Crippen molar-refractivity contribution in [3.05, 3.63) is 42.2 Å². The number of rotatable bonds is 9. The summed E-state index contributed by atoms with van der Waals surface area (Å²) in [6, 6.07) is 7.70. The highest BCUT2D eigenvalue weighted by Crippen LogP contribution is 2.23. The average molecular weight is 385 g/mol. The minimum atomic E-state index is 0.101. The Bertz CT molecular complexity index is 745. The lowest BCUT2D eigenvalue weighted by molar-refractivity contribution is -0.116. The molecular weight excluding hydrogens is 352 g/mol. The number of hydrogen-bond donors (Lipinski definition) is 1. The highest BCUT2D eigenvalue weighted by Gasteiger charge is 2.20. The minimum Gasteiger partial charge on any atom is -0.497 e. The SMILES string of the molecule is COc1ccc(NC(=O)CCC2CCCN(CCCn3cccn3)C2)c(C)c1. The topological polar surface area (TPSA) is 59.4 Å². The first kappa shape index (κ1) is 20.4. The molecule has 6 heteroatoms. The molecule has 1 aromatic heterocycles. The van der Waals surface area contributed by atoms with E-state index >= 15 is 0 Å². The maximum absolute atomic E-state index is 12.4. The maximum atomic E-state index is 12.4. The number of anilines is 1. The standard InChI is InChI=1S/C22H32N4O2/c1-18-16-20(28-2)8-9-21(18)24-22(27)10-7-19-6-3-12-25(17-19)13-5-15-26-14-4-11-23-26/h4,8-9,11,14,16,19H,3,5-7,10,12-13,15,17H2,1-2H3,(H,24,27). The van der Waals surface area contributed by atoms with Gasteiger partial charge in [0.15, 0.2) is 0 Å². The Morgan fingerprint density at radius 1 is 1.36 bits per heavy atom. The molecule has 0 bridgehead atoms. The van der Waals surface area contributed by atoms with Gasteiger partial charge in [0.05, 0.1) is 7.11 Å². The van der Waals surface area contributed by atoms with Gasteiger partial charge in [0, 0.05) is 37.6 Å². The molecule has 1 aliphatic rings. The monoisotopic (exact) mass is 384 g/mol. The van der Waals surface area contributed by atoms with Crippen LogP contribution < -0.4 is 10.1 Å². The van der Waals surface area contributed by atoms with Gasteiger partial charge in [-0.2, -0.15) is 5.10 Å². The van der Waals surface area contributed by atoms with Crippen LogP contribution in [0.5, 0.6) is 5.75 Å². The fourth-order valence-electron chi connectivity index (χ4n) is 3.93. The van der Waals surface area contributed by atoms with Crippen LogP contribution in [0.15, 0.2) is 36.7 Å². The van der Waals surface area contributed by atoms with E-state index < -0.39 is 0 Å². The van der Waals surface area contributed by atoms with E-state index in [1.54, 1.807) is 7.11 Å². The summed E-state index contributed by atoms with van der Waals surface area (Å²) in [6.07, 6.45) is 8.95. The van der Waals surface area contributed by atoms with Crippen molar-refractivity contribution in [3.63, 3.8) is 0 Å². The van der Waals surface area contributed by atoms with E-state index in [0.29, 0.717) is 12.3 Å². The van der Waals surface area contributed by atoms with Crippen molar-refractivity contribution < 1.29 is 9.53 Å². The van der Waals surface area contributed by atoms with Gasteiger partial charge in [-0.15, -0.1) is 0 Å². The van der Waals surface area contributed by atoms with Gasteiger partial charge in [0.1, 0.15) is 5.75 Å². The van der Waals surface area contributed by atoms with Crippen LogP contribution in [0, 0.1) is 12.8 Å². The predicted octanol–water partition coefficient (Wildman–Crippen LogP) is 3.72. The van der Waals surface area contributed by atoms with Gasteiger partial charge in [-0.1, -0.05) is 0 Å². The minimum absolute atomic E-state index is 0.101. The number of piperidine rings is 1. The zero-order chi connectivity index (χ0) is 19.8. The molecular formula is C22H32N4O2. The lowest BCUT2D eigenvalue weighted by atomic mass is 9.93. The van der Waals surface area contributed by atoms with Crippen molar-refractivity contribution in [2.24, 2.45) is 5.92 Å². The van der Waals surface area contributed by atoms with Gasteiger partial charge in [0.2, 0.25) is 5.91 Å². The molecule has 0 spiro atoms. The number of methoxy groups -OCH3 is 1. The summed E-state index contributed by atoms with van der Waals surface area (Å²) in [4.78, 5) is 14.9. The van der Waals surface area contributed by atoms with Gasteiger partial charge in [-0.25, -0.2) is 0 Å². The average Bonchev–Trinajstić information content (AvgIpc) is 3.22. The third-order valence-electron chi connectivity index (χ3n) is 5.51. The number of hydrogen-bond acceptors (Lipinski definition) is 4. The Balaban J connectivity index is 1.38. The van der Waals surface area contributed by atoms with Crippen LogP contribution in [0.3, 0.4) is 0 Å². The fourth-order valence-corrected chi connectivity index (χ4v) is 3.93. The van der Waals surface area contributed by atoms with Crippen molar-refractivity contribution in [2.45, 2.75) is 45.6 Å². The Morgan fingerprint density at radius 2 is 2.25 bits per heavy atom. The molecule has 2 heterocycles. The van der Waals surface area contributed by atoms with Gasteiger partial charge >= 0.3 is 0 Å². The first-order chi connectivity index (χ1) is 13.6. The van der Waals surface area contributed by atoms with Gasteiger partial charge in [0.25, 0.3) is 0 Å². The second-order valence-corrected chi connectivity index (χ2v) is 7.70. The molecule has 2 aromatic rings. The van der Waals surface area contributed by atoms with E-state index in [0.717, 1.165) is 49.5 Å². The third kappa shape index (κ3) is 6.09. The molecule has 28 heavy (non-hydrogen) atoms. The van der Waals surface area contributed by atoms with Gasteiger partial charge in [-0.05, 0) is 81.4 Å². The summed E-state index contributed by atoms with van der Waals surface area (Å²) < 4.78 is 7.21. The molecule has 1 atom stereocenters. The normalized spacial score (nSPS) is 17.4. The summed E-state index contributed by atoms with van der Waals surface area (Å²) in [7, 11) is 1.65. The van der Waals surface area contributed by atoms with Crippen LogP contribution in [0.2, 0.25) is 0 Å². The third-order valence-corrected chi connectivity index (χ3v) is 5.51. The quantitative estimate of drug-likeness (QED) is 0.716. The van der Waals surface area contributed by atoms with E-state index in [1.807, 2.05) is 48.3 Å². The highest BCUT2D eigenvalue weighted by atomic mass is 16.5. The highest BCUT2D eigenvalue weighted by molar-refractivity contribution is 5.91. The van der Waals surface area contributed by atoms with E-state index in [4.69, 9.17) is 4.74 Å². The Morgan fingerprint density at radius 3 is 3.00 bits per heavy atom. The maximum Gasteiger partial charge on any atom is 0.224 e. The summed E-state index contributed by atoms with van der Waals surface area (Å²) in [6.45, 7) is 6.34. The van der Waals surface area contributed by atoms with Crippen LogP contribution >= 0.6 is 0 Å². The van der Waals surface area contributed by atoms with Gasteiger partial charge in [-0.3, -0.25) is 9.48 Å². The largest absolute Gasteiger partial charge is 0.497 e. The molecule has 0 saturated carbocycles. The zero-order valence-electron chi connectivity index (χ0n) is 17.1. The summed E-state index contributed by atoms with van der Waals surface area (Å²) >= 11 is 0. The number of nitrogens with zero attached hydrogens (tertiary/aromatic N) is 3. The number of carbonyl (C=O) groups excluding carboxylic acids is 1. The first-order valence-electron chi connectivity index (χ1n) is 10.3. The number of nitrogens with one attached hydrogen (secondary N) is 1. The number of benzene rings is 1. The summed E-state index contributed by atoms with van der Waals surface area (Å²) in [5, 5.41) is 7.30. The zero-order valence-corrected chi connectivity index (χ0v) is 17.1. The first-order valence-corrected chi connectivity index (χ1v) is 10.3. The van der Waals surface area contributed by atoms with Crippen LogP contribution in [-0.4, -0.2) is 47.3 Å². The van der Waals surface area contributed by atoms with E-state index in [2.05, 4.69) is 15.3 Å². The molecule has 0 aliphatic carbocycles. The Kier molecular flexibility index (Phi) is 7.48. The Labute approximate surface area is 167 Å². The van der Waals surface area contributed by atoms with E-state index in [-0.39, 0.29) is 5.91 Å². The number of aryl methyl sites for hydroxylation is 2. The van der Waals surface area contributed by atoms with Crippen LogP contribution in [0.1, 0.15) is 37.7 Å². The molecule has 1 aromatic carbocycles. The molecule has 1 amide bonds. The smallest absolute Gasteiger partial charge is 0.224 e. The molecule has 1 unspecified atom stereocenters. The number of aromatic nitrogens is 2. The van der Waals surface area contributed by atoms with Crippen LogP contribution in [0.4, 0.5) is 5.69 Å². The summed E-state index contributed by atoms with van der Waals surface area (Å²) in [5.74, 6) is 1.52. The Hall–Kier alpha value is -2.34. The molecule has 1 saturated heterocycles. The molecule has 152 valence electrons. The number of amides is 1. The van der Waals surface area contributed by atoms with Crippen molar-refractivity contribution in [1.29, 1.82) is 0 Å². The molecule has 1 N–H and O–H groups in total. The second-order valence-electron chi connectivity index (χ2n) is 7.70. The van der Waals surface area contributed by atoms with Crippen molar-refractivity contribution >= 4 is 11.6 Å². The van der Waals surface area contributed by atoms with Gasteiger partial charge < -0.3 is 15.0 Å². The fraction of sp³-hybridized carbons (Fsp3) is 0.545. The lowest BCUT2D eigenvalue weighted by Gasteiger charge is -2.32.